The zero-order valence-electron chi connectivity index (χ0n) is 14.7. The number of nitrogens with one attached hydrogen (secondary N) is 1. The normalized spacial score (nSPS) is 14.8. The van der Waals surface area contributed by atoms with E-state index in [2.05, 4.69) is 15.2 Å². The first-order chi connectivity index (χ1) is 13.7. The highest BCUT2D eigenvalue weighted by molar-refractivity contribution is 5.74. The average molecular weight is 375 g/mol. The SMILES string of the molecule is Fc1cccc(C2(c3cccc(F)c3)C=Cc3c(-c4cocn4)n[nH]c3C2)c1. The Balaban J connectivity index is 1.69. The minimum atomic E-state index is -0.717. The molecular formula is C22H15F2N3O. The molecule has 0 radical (unpaired) electrons. The number of hydrogen-bond donors (Lipinski definition) is 1. The maximum Gasteiger partial charge on any atom is 0.181 e. The van der Waals surface area contributed by atoms with Crippen LogP contribution in [0.25, 0.3) is 17.5 Å². The third-order valence-corrected chi connectivity index (χ3v) is 5.23. The van der Waals surface area contributed by atoms with E-state index in [1.165, 1.54) is 36.9 Å². The zero-order valence-corrected chi connectivity index (χ0v) is 14.7. The summed E-state index contributed by atoms with van der Waals surface area (Å²) < 4.78 is 33.1. The average Bonchev–Trinajstić information content (AvgIpc) is 3.37. The molecule has 2 heterocycles. The largest absolute Gasteiger partial charge is 0.451 e. The van der Waals surface area contributed by atoms with Crippen LogP contribution in [0, 0.1) is 11.6 Å². The van der Waals surface area contributed by atoms with Crippen LogP contribution in [-0.2, 0) is 11.8 Å². The first kappa shape index (κ1) is 16.6. The second kappa shape index (κ2) is 6.27. The number of aromatic nitrogens is 3. The summed E-state index contributed by atoms with van der Waals surface area (Å²) in [6.45, 7) is 0. The van der Waals surface area contributed by atoms with Gasteiger partial charge in [-0.3, -0.25) is 5.10 Å². The van der Waals surface area contributed by atoms with Crippen molar-refractivity contribution in [2.45, 2.75) is 11.8 Å². The van der Waals surface area contributed by atoms with E-state index in [1.54, 1.807) is 12.1 Å². The third kappa shape index (κ3) is 2.57. The number of halogens is 2. The van der Waals surface area contributed by atoms with Gasteiger partial charge in [-0.05, 0) is 35.4 Å². The number of rotatable bonds is 3. The fourth-order valence-corrected chi connectivity index (χ4v) is 3.88. The molecule has 0 bridgehead atoms. The Labute approximate surface area is 159 Å². The number of nitrogens with zero attached hydrogens (tertiary/aromatic N) is 2. The molecule has 2 aromatic heterocycles. The van der Waals surface area contributed by atoms with Crippen LogP contribution in [0.15, 0.2) is 71.7 Å². The topological polar surface area (TPSA) is 54.7 Å². The van der Waals surface area contributed by atoms with Crippen molar-refractivity contribution in [2.24, 2.45) is 0 Å². The molecule has 1 aliphatic carbocycles. The molecule has 0 aliphatic heterocycles. The minimum Gasteiger partial charge on any atom is -0.451 e. The molecule has 2 aromatic carbocycles. The van der Waals surface area contributed by atoms with Gasteiger partial charge in [0, 0.05) is 23.1 Å². The molecule has 4 aromatic rings. The molecule has 0 spiro atoms. The molecule has 0 fully saturated rings. The molecule has 1 aliphatic rings. The van der Waals surface area contributed by atoms with Gasteiger partial charge in [-0.1, -0.05) is 36.4 Å². The Kier molecular flexibility index (Phi) is 3.72. The summed E-state index contributed by atoms with van der Waals surface area (Å²) >= 11 is 0. The van der Waals surface area contributed by atoms with E-state index in [4.69, 9.17) is 4.42 Å². The second-order valence-electron chi connectivity index (χ2n) is 6.84. The van der Waals surface area contributed by atoms with E-state index in [9.17, 15) is 8.78 Å². The van der Waals surface area contributed by atoms with Crippen molar-refractivity contribution >= 4 is 6.08 Å². The van der Waals surface area contributed by atoms with Crippen LogP contribution in [0.5, 0.6) is 0 Å². The zero-order chi connectivity index (χ0) is 19.1. The van der Waals surface area contributed by atoms with Gasteiger partial charge in [-0.2, -0.15) is 5.10 Å². The molecule has 1 N–H and O–H groups in total. The Morgan fingerprint density at radius 1 is 1.00 bits per heavy atom. The number of H-pyrrole nitrogens is 1. The first-order valence-corrected chi connectivity index (χ1v) is 8.83. The van der Waals surface area contributed by atoms with Crippen LogP contribution >= 0.6 is 0 Å². The number of oxazole rings is 1. The predicted molar refractivity (Wildman–Crippen MR) is 100 cm³/mol. The summed E-state index contributed by atoms with van der Waals surface area (Å²) in [6, 6.07) is 12.9. The standard InChI is InChI=1S/C22H15F2N3O/c23-16-5-1-3-14(9-16)22(15-4-2-6-17(24)10-15)8-7-18-19(11-22)26-27-21(18)20-12-28-13-25-20/h1-10,12-13H,11H2,(H,26,27). The molecular weight excluding hydrogens is 360 g/mol. The smallest absolute Gasteiger partial charge is 0.181 e. The maximum atomic E-state index is 14.0. The van der Waals surface area contributed by atoms with Crippen molar-refractivity contribution in [1.82, 2.24) is 15.2 Å². The Bertz CT molecular complexity index is 1130. The Morgan fingerprint density at radius 2 is 1.71 bits per heavy atom. The van der Waals surface area contributed by atoms with Gasteiger partial charge in [0.2, 0.25) is 0 Å². The van der Waals surface area contributed by atoms with E-state index in [0.717, 1.165) is 22.4 Å². The minimum absolute atomic E-state index is 0.333. The van der Waals surface area contributed by atoms with Gasteiger partial charge in [-0.15, -0.1) is 0 Å². The van der Waals surface area contributed by atoms with Gasteiger partial charge in [0.1, 0.15) is 29.3 Å². The molecule has 6 heteroatoms. The first-order valence-electron chi connectivity index (χ1n) is 8.83. The van der Waals surface area contributed by atoms with Crippen LogP contribution < -0.4 is 0 Å². The summed E-state index contributed by atoms with van der Waals surface area (Å²) in [6.07, 6.45) is 7.29. The molecule has 0 unspecified atom stereocenters. The Hall–Kier alpha value is -3.54. The van der Waals surface area contributed by atoms with Gasteiger partial charge in [0.25, 0.3) is 0 Å². The molecule has 4 nitrogen and oxygen atoms in total. The van der Waals surface area contributed by atoms with Crippen LogP contribution in [0.3, 0.4) is 0 Å². The van der Waals surface area contributed by atoms with Gasteiger partial charge in [0.05, 0.1) is 0 Å². The fraction of sp³-hybridized carbons (Fsp3) is 0.0909. The van der Waals surface area contributed by atoms with Crippen molar-refractivity contribution in [1.29, 1.82) is 0 Å². The van der Waals surface area contributed by atoms with E-state index in [0.29, 0.717) is 17.8 Å². The quantitative estimate of drug-likeness (QED) is 0.554. The molecule has 5 rings (SSSR count). The van der Waals surface area contributed by atoms with Crippen LogP contribution in [-0.4, -0.2) is 15.2 Å². The fourth-order valence-electron chi connectivity index (χ4n) is 3.88. The maximum absolute atomic E-state index is 14.0. The number of benzene rings is 2. The van der Waals surface area contributed by atoms with Gasteiger partial charge in [0.15, 0.2) is 6.39 Å². The Morgan fingerprint density at radius 3 is 2.32 bits per heavy atom. The number of aromatic amines is 1. The molecule has 0 atom stereocenters. The van der Waals surface area contributed by atoms with Crippen molar-refractivity contribution in [3.8, 4) is 11.4 Å². The van der Waals surface area contributed by atoms with E-state index >= 15 is 0 Å². The van der Waals surface area contributed by atoms with Gasteiger partial charge in [-0.25, -0.2) is 13.8 Å². The van der Waals surface area contributed by atoms with Gasteiger partial charge >= 0.3 is 0 Å². The molecule has 138 valence electrons. The van der Waals surface area contributed by atoms with Gasteiger partial charge < -0.3 is 4.42 Å². The monoisotopic (exact) mass is 375 g/mol. The van der Waals surface area contributed by atoms with Crippen molar-refractivity contribution in [3.63, 3.8) is 0 Å². The predicted octanol–water partition coefficient (Wildman–Crippen LogP) is 4.90. The summed E-state index contributed by atoms with van der Waals surface area (Å²) in [5, 5.41) is 7.45. The molecule has 28 heavy (non-hydrogen) atoms. The summed E-state index contributed by atoms with van der Waals surface area (Å²) in [5.41, 5.74) is 3.87. The lowest BCUT2D eigenvalue weighted by atomic mass is 9.68. The van der Waals surface area contributed by atoms with Crippen LogP contribution in [0.2, 0.25) is 0 Å². The van der Waals surface area contributed by atoms with E-state index in [1.807, 2.05) is 24.3 Å². The number of allylic oxidation sites excluding steroid dienone is 1. The summed E-state index contributed by atoms with van der Waals surface area (Å²) in [5.74, 6) is -0.666. The highest BCUT2D eigenvalue weighted by atomic mass is 19.1. The van der Waals surface area contributed by atoms with E-state index in [-0.39, 0.29) is 11.6 Å². The molecule has 0 amide bonds. The highest BCUT2D eigenvalue weighted by Gasteiger charge is 2.37. The number of fused-ring (bicyclic) bond motifs is 1. The lowest BCUT2D eigenvalue weighted by Gasteiger charge is -2.34. The lowest BCUT2D eigenvalue weighted by Crippen LogP contribution is -2.30. The highest BCUT2D eigenvalue weighted by Crippen LogP contribution is 2.43. The van der Waals surface area contributed by atoms with Crippen molar-refractivity contribution in [2.75, 3.05) is 0 Å². The molecule has 0 saturated heterocycles. The third-order valence-electron chi connectivity index (χ3n) is 5.23. The van der Waals surface area contributed by atoms with Crippen LogP contribution in [0.1, 0.15) is 22.4 Å². The lowest BCUT2D eigenvalue weighted by molar-refractivity contribution is 0.558. The van der Waals surface area contributed by atoms with Crippen LogP contribution in [0.4, 0.5) is 8.78 Å². The van der Waals surface area contributed by atoms with Crippen molar-refractivity contribution in [3.05, 3.63) is 101 Å². The molecule has 0 saturated carbocycles. The summed E-state index contributed by atoms with van der Waals surface area (Å²) in [7, 11) is 0. The number of hydrogen-bond acceptors (Lipinski definition) is 3. The summed E-state index contributed by atoms with van der Waals surface area (Å²) in [4.78, 5) is 4.16. The van der Waals surface area contributed by atoms with Crippen molar-refractivity contribution < 1.29 is 13.2 Å². The van der Waals surface area contributed by atoms with E-state index < -0.39 is 5.41 Å². The second-order valence-corrected chi connectivity index (χ2v) is 6.84.